The molecule has 0 bridgehead atoms. The number of hydrogen-bond donors (Lipinski definition) is 1. The van der Waals surface area contributed by atoms with Crippen molar-refractivity contribution in [1.82, 2.24) is 0 Å². The zero-order valence-electron chi connectivity index (χ0n) is 14.9. The Hall–Kier alpha value is -2.90. The first kappa shape index (κ1) is 19.4. The molecule has 2 rings (SSSR count). The molecule has 0 aliphatic heterocycles. The average Bonchev–Trinajstić information content (AvgIpc) is 2.68. The Bertz CT molecular complexity index is 761. The van der Waals surface area contributed by atoms with Crippen LogP contribution in [0.5, 0.6) is 0 Å². The zero-order valence-corrected chi connectivity index (χ0v) is 14.9. The number of Topliss-reactive ketones (excluding diaryl/α,β-unsaturated/α-hetero) is 1. The first-order chi connectivity index (χ1) is 12.5. The van der Waals surface area contributed by atoms with E-state index in [1.165, 1.54) is 7.11 Å². The number of hydrogen-bond acceptors (Lipinski definition) is 4. The van der Waals surface area contributed by atoms with E-state index in [2.05, 4.69) is 16.6 Å². The van der Waals surface area contributed by atoms with Gasteiger partial charge in [-0.25, -0.2) is 0 Å². The predicted molar refractivity (Wildman–Crippen MR) is 99.1 cm³/mol. The Morgan fingerprint density at radius 1 is 1.04 bits per heavy atom. The topological polar surface area (TPSA) is 63.6 Å². The number of carbonyl (C=O) groups is 2. The lowest BCUT2D eigenvalue weighted by atomic mass is 9.86. The molecule has 0 aliphatic carbocycles. The summed E-state index contributed by atoms with van der Waals surface area (Å²) in [6.07, 6.45) is -0.0151. The fraction of sp³-hybridized carbons (Fsp3) is 0.273. The standard InChI is InChI=1S/C22H22O4/c1-17(20(23)16-21(24)26-2)10-9-15-22(25,18-11-5-3-6-12-18)19-13-7-4-8-14-19/h3-8,11-14,17,25H,10,16H2,1-2H3. The summed E-state index contributed by atoms with van der Waals surface area (Å²) in [6, 6.07) is 18.4. The summed E-state index contributed by atoms with van der Waals surface area (Å²) < 4.78 is 4.51. The van der Waals surface area contributed by atoms with Crippen LogP contribution < -0.4 is 0 Å². The lowest BCUT2D eigenvalue weighted by molar-refractivity contribution is -0.144. The highest BCUT2D eigenvalue weighted by atomic mass is 16.5. The van der Waals surface area contributed by atoms with Crippen molar-refractivity contribution in [3.63, 3.8) is 0 Å². The van der Waals surface area contributed by atoms with Gasteiger partial charge in [0.15, 0.2) is 5.60 Å². The van der Waals surface area contributed by atoms with Crippen LogP contribution in [0, 0.1) is 17.8 Å². The molecule has 0 aliphatic rings. The molecule has 0 fully saturated rings. The van der Waals surface area contributed by atoms with E-state index in [0.29, 0.717) is 11.1 Å². The number of carbonyl (C=O) groups excluding carboxylic acids is 2. The van der Waals surface area contributed by atoms with Crippen molar-refractivity contribution >= 4 is 11.8 Å². The molecule has 1 atom stereocenters. The van der Waals surface area contributed by atoms with Gasteiger partial charge in [-0.2, -0.15) is 0 Å². The van der Waals surface area contributed by atoms with Gasteiger partial charge in [0.2, 0.25) is 0 Å². The van der Waals surface area contributed by atoms with E-state index in [-0.39, 0.29) is 18.6 Å². The molecule has 134 valence electrons. The fourth-order valence-corrected chi connectivity index (χ4v) is 2.50. The van der Waals surface area contributed by atoms with Crippen LogP contribution in [0.15, 0.2) is 60.7 Å². The normalized spacial score (nSPS) is 11.8. The van der Waals surface area contributed by atoms with Crippen LogP contribution in [0.1, 0.15) is 30.9 Å². The Balaban J connectivity index is 2.23. The van der Waals surface area contributed by atoms with E-state index in [1.807, 2.05) is 60.7 Å². The molecule has 0 aromatic heterocycles. The van der Waals surface area contributed by atoms with E-state index in [0.717, 1.165) is 0 Å². The molecule has 0 radical (unpaired) electrons. The molecule has 1 N–H and O–H groups in total. The van der Waals surface area contributed by atoms with Gasteiger partial charge in [-0.1, -0.05) is 79.4 Å². The van der Waals surface area contributed by atoms with Crippen LogP contribution >= 0.6 is 0 Å². The highest BCUT2D eigenvalue weighted by Crippen LogP contribution is 2.28. The minimum absolute atomic E-state index is 0.228. The van der Waals surface area contributed by atoms with Gasteiger partial charge in [-0.05, 0) is 0 Å². The van der Waals surface area contributed by atoms with Gasteiger partial charge in [-0.15, -0.1) is 0 Å². The molecule has 0 saturated heterocycles. The predicted octanol–water partition coefficient (Wildman–Crippen LogP) is 3.08. The van der Waals surface area contributed by atoms with Crippen molar-refractivity contribution < 1.29 is 19.4 Å². The molecule has 1 unspecified atom stereocenters. The Morgan fingerprint density at radius 2 is 1.54 bits per heavy atom. The summed E-state index contributed by atoms with van der Waals surface area (Å²) >= 11 is 0. The quantitative estimate of drug-likeness (QED) is 0.494. The van der Waals surface area contributed by atoms with E-state index in [9.17, 15) is 14.7 Å². The maximum Gasteiger partial charge on any atom is 0.313 e. The van der Waals surface area contributed by atoms with Crippen LogP contribution in [-0.2, 0) is 19.9 Å². The Labute approximate surface area is 153 Å². The molecule has 0 saturated carbocycles. The van der Waals surface area contributed by atoms with Gasteiger partial charge in [0.05, 0.1) is 7.11 Å². The first-order valence-electron chi connectivity index (χ1n) is 8.40. The highest BCUT2D eigenvalue weighted by molar-refractivity contribution is 5.96. The second-order valence-electron chi connectivity index (χ2n) is 6.07. The summed E-state index contributed by atoms with van der Waals surface area (Å²) in [5, 5.41) is 11.3. The van der Waals surface area contributed by atoms with Crippen molar-refractivity contribution in [3.05, 3.63) is 71.8 Å². The summed E-state index contributed by atoms with van der Waals surface area (Å²) in [5.74, 6) is 4.64. The highest BCUT2D eigenvalue weighted by Gasteiger charge is 2.29. The van der Waals surface area contributed by atoms with Crippen molar-refractivity contribution in [1.29, 1.82) is 0 Å². The van der Waals surface area contributed by atoms with Gasteiger partial charge in [0.25, 0.3) is 0 Å². The minimum atomic E-state index is -1.46. The SMILES string of the molecule is COC(=O)CC(=O)C(C)CC#CC(O)(c1ccccc1)c1ccccc1. The third kappa shape index (κ3) is 4.81. The lowest BCUT2D eigenvalue weighted by Gasteiger charge is -2.23. The molecule has 2 aromatic rings. The summed E-state index contributed by atoms with van der Waals surface area (Å²) in [5.41, 5.74) is -0.146. The molecular weight excluding hydrogens is 328 g/mol. The molecule has 4 heteroatoms. The molecule has 2 aromatic carbocycles. The number of rotatable bonds is 6. The number of benzene rings is 2. The number of methoxy groups -OCH3 is 1. The number of aliphatic hydroxyl groups is 1. The van der Waals surface area contributed by atoms with Crippen molar-refractivity contribution in [2.45, 2.75) is 25.4 Å². The molecular formula is C22H22O4. The summed E-state index contributed by atoms with van der Waals surface area (Å²) in [7, 11) is 1.25. The van der Waals surface area contributed by atoms with Gasteiger partial charge in [-0.3, -0.25) is 9.59 Å². The lowest BCUT2D eigenvalue weighted by Crippen LogP contribution is -2.25. The largest absolute Gasteiger partial charge is 0.469 e. The number of ketones is 1. The summed E-state index contributed by atoms with van der Waals surface area (Å²) in [4.78, 5) is 23.2. The monoisotopic (exact) mass is 350 g/mol. The zero-order chi connectivity index (χ0) is 19.0. The van der Waals surface area contributed by atoms with Crippen LogP contribution in [0.25, 0.3) is 0 Å². The maximum absolute atomic E-state index is 12.0. The van der Waals surface area contributed by atoms with E-state index in [4.69, 9.17) is 0 Å². The molecule has 26 heavy (non-hydrogen) atoms. The fourth-order valence-electron chi connectivity index (χ4n) is 2.50. The van der Waals surface area contributed by atoms with Crippen LogP contribution in [0.3, 0.4) is 0 Å². The smallest absolute Gasteiger partial charge is 0.313 e. The third-order valence-corrected chi connectivity index (χ3v) is 4.16. The van der Waals surface area contributed by atoms with Gasteiger partial charge < -0.3 is 9.84 Å². The molecule has 0 heterocycles. The van der Waals surface area contributed by atoms with Gasteiger partial charge >= 0.3 is 5.97 Å². The second-order valence-corrected chi connectivity index (χ2v) is 6.07. The number of ether oxygens (including phenoxy) is 1. The van der Waals surface area contributed by atoms with E-state index >= 15 is 0 Å². The molecule has 0 spiro atoms. The van der Waals surface area contributed by atoms with E-state index < -0.39 is 17.5 Å². The Morgan fingerprint density at radius 3 is 2.00 bits per heavy atom. The van der Waals surface area contributed by atoms with Gasteiger partial charge in [0, 0.05) is 23.5 Å². The Kier molecular flexibility index (Phi) is 6.71. The molecule has 0 amide bonds. The van der Waals surface area contributed by atoms with Crippen LogP contribution in [0.4, 0.5) is 0 Å². The average molecular weight is 350 g/mol. The van der Waals surface area contributed by atoms with Crippen molar-refractivity contribution in [2.24, 2.45) is 5.92 Å². The minimum Gasteiger partial charge on any atom is -0.469 e. The second kappa shape index (κ2) is 8.98. The van der Waals surface area contributed by atoms with E-state index in [1.54, 1.807) is 6.92 Å². The van der Waals surface area contributed by atoms with Crippen LogP contribution in [-0.4, -0.2) is 24.0 Å². The molecule has 4 nitrogen and oxygen atoms in total. The summed E-state index contributed by atoms with van der Waals surface area (Å²) in [6.45, 7) is 1.71. The van der Waals surface area contributed by atoms with Crippen LogP contribution in [0.2, 0.25) is 0 Å². The van der Waals surface area contributed by atoms with Crippen molar-refractivity contribution in [2.75, 3.05) is 7.11 Å². The van der Waals surface area contributed by atoms with Crippen molar-refractivity contribution in [3.8, 4) is 11.8 Å². The number of esters is 1. The van der Waals surface area contributed by atoms with Gasteiger partial charge in [0.1, 0.15) is 12.2 Å². The maximum atomic E-state index is 12.0. The first-order valence-corrected chi connectivity index (χ1v) is 8.40. The third-order valence-electron chi connectivity index (χ3n) is 4.16.